The van der Waals surface area contributed by atoms with Gasteiger partial charge in [-0.2, -0.15) is 4.31 Å². The van der Waals surface area contributed by atoms with Gasteiger partial charge in [0.05, 0.1) is 4.90 Å². The molecule has 0 spiro atoms. The Labute approximate surface area is 160 Å². The molecule has 0 radical (unpaired) electrons. The number of halogens is 1. The molecular weight excluding hydrogens is 433 g/mol. The van der Waals surface area contributed by atoms with Crippen molar-refractivity contribution in [3.8, 4) is 0 Å². The van der Waals surface area contributed by atoms with Crippen molar-refractivity contribution in [2.45, 2.75) is 79.7 Å². The van der Waals surface area contributed by atoms with Crippen molar-refractivity contribution in [1.29, 1.82) is 0 Å². The lowest BCUT2D eigenvalue weighted by atomic mass is 9.84. The summed E-state index contributed by atoms with van der Waals surface area (Å²) in [7, 11) is -3.41. The number of benzene rings is 1. The zero-order valence-electron chi connectivity index (χ0n) is 14.6. The minimum atomic E-state index is -3.41. The van der Waals surface area contributed by atoms with Crippen LogP contribution < -0.4 is 0 Å². The van der Waals surface area contributed by atoms with E-state index < -0.39 is 10.0 Å². The monoisotopic (exact) mass is 461 g/mol. The second-order valence-electron chi connectivity index (χ2n) is 7.32. The minimum absolute atomic E-state index is 0.157. The van der Waals surface area contributed by atoms with Crippen molar-refractivity contribution in [2.24, 2.45) is 5.92 Å². The molecule has 1 saturated carbocycles. The fourth-order valence-electron chi connectivity index (χ4n) is 4.39. The van der Waals surface area contributed by atoms with E-state index in [1.807, 2.05) is 23.4 Å². The molecule has 24 heavy (non-hydrogen) atoms. The molecule has 3 nitrogen and oxygen atoms in total. The van der Waals surface area contributed by atoms with Gasteiger partial charge in [-0.3, -0.25) is 0 Å². The Morgan fingerprint density at radius 2 is 1.83 bits per heavy atom. The molecule has 3 rings (SSSR count). The number of aryl methyl sites for hydroxylation is 1. The third kappa shape index (κ3) is 3.40. The molecule has 2 fully saturated rings. The molecule has 0 N–H and O–H groups in total. The molecule has 1 aromatic carbocycles. The summed E-state index contributed by atoms with van der Waals surface area (Å²) in [6.45, 7) is 4.18. The molecule has 1 saturated heterocycles. The lowest BCUT2D eigenvalue weighted by Gasteiger charge is -2.33. The molecule has 1 heterocycles. The summed E-state index contributed by atoms with van der Waals surface area (Å²) in [5.41, 5.74) is 1.10. The van der Waals surface area contributed by atoms with Crippen LogP contribution in [0, 0.1) is 12.8 Å². The van der Waals surface area contributed by atoms with E-state index in [4.69, 9.17) is 0 Å². The van der Waals surface area contributed by atoms with Crippen molar-refractivity contribution < 1.29 is 8.42 Å². The maximum atomic E-state index is 13.4. The van der Waals surface area contributed by atoms with E-state index in [1.54, 1.807) is 12.1 Å². The highest BCUT2D eigenvalue weighted by molar-refractivity contribution is 14.1. The van der Waals surface area contributed by atoms with E-state index in [2.05, 4.69) is 29.5 Å². The number of unbranched alkanes of at least 4 members (excludes halogenated alkanes) is 1. The summed E-state index contributed by atoms with van der Waals surface area (Å²) in [5, 5.41) is 0. The minimum Gasteiger partial charge on any atom is -0.207 e. The lowest BCUT2D eigenvalue weighted by Crippen LogP contribution is -2.43. The topological polar surface area (TPSA) is 37.4 Å². The van der Waals surface area contributed by atoms with Gasteiger partial charge in [-0.15, -0.1) is 0 Å². The predicted molar refractivity (Wildman–Crippen MR) is 107 cm³/mol. The van der Waals surface area contributed by atoms with E-state index in [0.29, 0.717) is 14.7 Å². The normalized spacial score (nSPS) is 31.1. The maximum Gasteiger partial charge on any atom is 0.243 e. The Kier molecular flexibility index (Phi) is 5.92. The number of nitrogens with zero attached hydrogens (tertiary/aromatic N) is 1. The SMILES string of the molecule is CCCC[C@H]1[C@H](I)[C@H]2CCCC[C@H]2N1S(=O)(=O)c1ccc(C)cc1. The van der Waals surface area contributed by atoms with Crippen LogP contribution >= 0.6 is 22.6 Å². The van der Waals surface area contributed by atoms with Gasteiger partial charge in [-0.1, -0.05) is 72.9 Å². The lowest BCUT2D eigenvalue weighted by molar-refractivity contribution is 0.240. The van der Waals surface area contributed by atoms with Crippen molar-refractivity contribution >= 4 is 32.6 Å². The van der Waals surface area contributed by atoms with Gasteiger partial charge in [0.25, 0.3) is 0 Å². The first kappa shape index (κ1) is 18.6. The Morgan fingerprint density at radius 1 is 1.17 bits per heavy atom. The molecule has 2 aliphatic rings. The zero-order valence-corrected chi connectivity index (χ0v) is 17.6. The van der Waals surface area contributed by atoms with Crippen LogP contribution in [-0.2, 0) is 10.0 Å². The molecule has 1 aromatic rings. The molecule has 0 unspecified atom stereocenters. The van der Waals surface area contributed by atoms with E-state index in [9.17, 15) is 8.42 Å². The van der Waals surface area contributed by atoms with Crippen LogP contribution in [-0.4, -0.2) is 28.7 Å². The van der Waals surface area contributed by atoms with E-state index in [1.165, 1.54) is 12.8 Å². The summed E-state index contributed by atoms with van der Waals surface area (Å²) in [4.78, 5) is 0.462. The number of rotatable bonds is 5. The van der Waals surface area contributed by atoms with Gasteiger partial charge in [0.1, 0.15) is 0 Å². The first-order valence-electron chi connectivity index (χ1n) is 9.21. The van der Waals surface area contributed by atoms with Crippen LogP contribution in [0.15, 0.2) is 29.2 Å². The van der Waals surface area contributed by atoms with Crippen LogP contribution in [0.1, 0.15) is 57.4 Å². The molecule has 134 valence electrons. The Morgan fingerprint density at radius 3 is 2.50 bits per heavy atom. The van der Waals surface area contributed by atoms with E-state index >= 15 is 0 Å². The third-order valence-corrected chi connectivity index (χ3v) is 9.38. The van der Waals surface area contributed by atoms with Crippen molar-refractivity contribution in [3.05, 3.63) is 29.8 Å². The van der Waals surface area contributed by atoms with Gasteiger partial charge in [0.15, 0.2) is 0 Å². The first-order valence-corrected chi connectivity index (χ1v) is 11.9. The van der Waals surface area contributed by atoms with Crippen LogP contribution in [0.5, 0.6) is 0 Å². The summed E-state index contributed by atoms with van der Waals surface area (Å²) >= 11 is 2.54. The molecule has 1 aliphatic carbocycles. The van der Waals surface area contributed by atoms with Gasteiger partial charge in [-0.25, -0.2) is 8.42 Å². The fourth-order valence-corrected chi connectivity index (χ4v) is 8.09. The first-order chi connectivity index (χ1) is 11.5. The molecule has 5 heteroatoms. The van der Waals surface area contributed by atoms with Gasteiger partial charge < -0.3 is 0 Å². The van der Waals surface area contributed by atoms with Crippen molar-refractivity contribution in [2.75, 3.05) is 0 Å². The predicted octanol–water partition coefficient (Wildman–Crippen LogP) is 4.92. The fraction of sp³-hybridized carbons (Fsp3) is 0.684. The van der Waals surface area contributed by atoms with E-state index in [0.717, 1.165) is 37.7 Å². The van der Waals surface area contributed by atoms with Gasteiger partial charge in [0.2, 0.25) is 10.0 Å². The van der Waals surface area contributed by atoms with Crippen molar-refractivity contribution in [1.82, 2.24) is 4.31 Å². The summed E-state index contributed by atoms with van der Waals surface area (Å²) in [6.07, 6.45) is 7.82. The quantitative estimate of drug-likeness (QED) is 0.461. The molecular formula is C19H28INO2S. The summed E-state index contributed by atoms with van der Waals surface area (Å²) in [5.74, 6) is 0.529. The molecule has 0 aromatic heterocycles. The third-order valence-electron chi connectivity index (χ3n) is 5.66. The molecule has 0 amide bonds. The van der Waals surface area contributed by atoms with Crippen LogP contribution in [0.4, 0.5) is 0 Å². The largest absolute Gasteiger partial charge is 0.243 e. The number of sulfonamides is 1. The van der Waals surface area contributed by atoms with Crippen LogP contribution in [0.2, 0.25) is 0 Å². The second kappa shape index (κ2) is 7.62. The highest BCUT2D eigenvalue weighted by Crippen LogP contribution is 2.47. The van der Waals surface area contributed by atoms with Gasteiger partial charge >= 0.3 is 0 Å². The average molecular weight is 461 g/mol. The highest BCUT2D eigenvalue weighted by atomic mass is 127. The maximum absolute atomic E-state index is 13.4. The molecule has 1 aliphatic heterocycles. The highest BCUT2D eigenvalue weighted by Gasteiger charge is 2.52. The summed E-state index contributed by atoms with van der Waals surface area (Å²) < 4.78 is 29.3. The van der Waals surface area contributed by atoms with E-state index in [-0.39, 0.29) is 12.1 Å². The van der Waals surface area contributed by atoms with Gasteiger partial charge in [0, 0.05) is 16.0 Å². The standard InChI is InChI=1S/C19H28INO2S/c1-3-4-8-18-19(20)16-7-5-6-9-17(16)21(18)24(22,23)15-12-10-14(2)11-13-15/h10-13,16-19H,3-9H2,1-2H3/t16-,17+,18-,19+/m0/s1. The molecule has 4 atom stereocenters. The average Bonchev–Trinajstić information content (AvgIpc) is 2.86. The Hall–Kier alpha value is -0.140. The van der Waals surface area contributed by atoms with Crippen LogP contribution in [0.3, 0.4) is 0 Å². The Bertz CT molecular complexity index is 658. The second-order valence-corrected chi connectivity index (χ2v) is 10.6. The molecule has 0 bridgehead atoms. The van der Waals surface area contributed by atoms with Crippen molar-refractivity contribution in [3.63, 3.8) is 0 Å². The smallest absolute Gasteiger partial charge is 0.207 e. The number of fused-ring (bicyclic) bond motifs is 1. The zero-order chi connectivity index (χ0) is 17.3. The summed E-state index contributed by atoms with van der Waals surface area (Å²) in [6, 6.07) is 7.73. The Balaban J connectivity index is 1.98. The number of hydrogen-bond donors (Lipinski definition) is 0. The van der Waals surface area contributed by atoms with Gasteiger partial charge in [-0.05, 0) is 44.2 Å². The van der Waals surface area contributed by atoms with Crippen LogP contribution in [0.25, 0.3) is 0 Å². The number of alkyl halides is 1. The number of hydrogen-bond acceptors (Lipinski definition) is 2.